The Kier molecular flexibility index (Phi) is 6.90. The van der Waals surface area contributed by atoms with E-state index in [1.54, 1.807) is 6.07 Å². The molecule has 0 aliphatic heterocycles. The van der Waals surface area contributed by atoms with Crippen molar-refractivity contribution in [3.63, 3.8) is 0 Å². The summed E-state index contributed by atoms with van der Waals surface area (Å²) in [6.45, 7) is 0.604. The van der Waals surface area contributed by atoms with Gasteiger partial charge in [-0.05, 0) is 19.0 Å². The molecule has 0 fully saturated rings. The van der Waals surface area contributed by atoms with Crippen LogP contribution in [-0.4, -0.2) is 35.2 Å². The maximum absolute atomic E-state index is 12.1. The summed E-state index contributed by atoms with van der Waals surface area (Å²) in [5.74, 6) is -0.846. The van der Waals surface area contributed by atoms with E-state index in [4.69, 9.17) is 11.0 Å². The fourth-order valence-corrected chi connectivity index (χ4v) is 1.65. The number of nitrogens with two attached hydrogens (primary N) is 1. The maximum Gasteiger partial charge on any atom is 0.292 e. The van der Waals surface area contributed by atoms with Gasteiger partial charge in [0.15, 0.2) is 0 Å². The first kappa shape index (κ1) is 17.8. The molecule has 0 aliphatic carbocycles. The van der Waals surface area contributed by atoms with Crippen molar-refractivity contribution >= 4 is 23.7 Å². The average molecular weight is 317 g/mol. The summed E-state index contributed by atoms with van der Waals surface area (Å²) in [6.07, 6.45) is 2.04. The number of nitro groups is 1. The lowest BCUT2D eigenvalue weighted by Gasteiger charge is -2.12. The molecule has 3 N–H and O–H groups in total. The molecule has 0 aliphatic rings. The zero-order valence-electron chi connectivity index (χ0n) is 12.1. The van der Waals surface area contributed by atoms with Crippen LogP contribution in [0.2, 0.25) is 0 Å². The number of nitrogens with one attached hydrogen (secondary N) is 1. The molecule has 0 saturated heterocycles. The van der Waals surface area contributed by atoms with Crippen LogP contribution in [0.3, 0.4) is 0 Å². The molecule has 23 heavy (non-hydrogen) atoms. The molecular weight excluding hydrogens is 302 g/mol. The number of anilines is 1. The Morgan fingerprint density at radius 1 is 1.48 bits per heavy atom. The maximum atomic E-state index is 12.1. The van der Waals surface area contributed by atoms with E-state index in [2.05, 4.69) is 5.32 Å². The van der Waals surface area contributed by atoms with E-state index in [1.807, 2.05) is 0 Å². The molecule has 0 aromatic heterocycles. The fraction of sp³-hybridized carbons (Fsp3) is 0.214. The van der Waals surface area contributed by atoms with Gasteiger partial charge in [-0.15, -0.1) is 0 Å². The summed E-state index contributed by atoms with van der Waals surface area (Å²) in [6, 6.07) is 7.20. The van der Waals surface area contributed by atoms with Crippen molar-refractivity contribution in [3.8, 4) is 6.07 Å². The summed E-state index contributed by atoms with van der Waals surface area (Å²) in [7, 11) is 0. The van der Waals surface area contributed by atoms with Gasteiger partial charge in [-0.3, -0.25) is 19.7 Å². The summed E-state index contributed by atoms with van der Waals surface area (Å²) < 4.78 is 0. The molecule has 0 radical (unpaired) electrons. The van der Waals surface area contributed by atoms with Crippen LogP contribution in [0, 0.1) is 21.4 Å². The first-order chi connectivity index (χ1) is 11.0. The van der Waals surface area contributed by atoms with Gasteiger partial charge in [-0.1, -0.05) is 12.1 Å². The molecular formula is C14H15N5O4. The molecule has 120 valence electrons. The van der Waals surface area contributed by atoms with Crippen molar-refractivity contribution in [2.75, 3.05) is 18.4 Å². The number of nitrogens with zero attached hydrogens (tertiary/aromatic N) is 3. The molecule has 0 unspecified atom stereocenters. The van der Waals surface area contributed by atoms with Crippen molar-refractivity contribution in [2.45, 2.75) is 6.42 Å². The summed E-state index contributed by atoms with van der Waals surface area (Å²) in [5.41, 5.74) is 4.64. The minimum atomic E-state index is -0.846. The second-order valence-corrected chi connectivity index (χ2v) is 4.37. The number of hydrogen-bond acceptors (Lipinski definition) is 6. The number of rotatable bonds is 8. The Balaban J connectivity index is 2.96. The Morgan fingerprint density at radius 3 is 2.74 bits per heavy atom. The molecule has 0 atom stereocenters. The second kappa shape index (κ2) is 8.91. The largest absolute Gasteiger partial charge is 0.330 e. The number of amides is 2. The molecule has 0 spiro atoms. The predicted molar refractivity (Wildman–Crippen MR) is 81.9 cm³/mol. The van der Waals surface area contributed by atoms with Crippen LogP contribution < -0.4 is 11.1 Å². The van der Waals surface area contributed by atoms with Crippen LogP contribution in [0.5, 0.6) is 0 Å². The molecule has 0 saturated carbocycles. The third-order valence-electron chi connectivity index (χ3n) is 2.76. The van der Waals surface area contributed by atoms with Gasteiger partial charge >= 0.3 is 0 Å². The summed E-state index contributed by atoms with van der Waals surface area (Å²) in [5, 5.41) is 22.2. The molecule has 1 rings (SSSR count). The van der Waals surface area contributed by atoms with Crippen molar-refractivity contribution in [1.29, 1.82) is 5.26 Å². The molecule has 1 aromatic carbocycles. The first-order valence-electron chi connectivity index (χ1n) is 6.61. The van der Waals surface area contributed by atoms with Crippen molar-refractivity contribution in [2.24, 2.45) is 5.73 Å². The second-order valence-electron chi connectivity index (χ2n) is 4.37. The standard InChI is InChI=1S/C14H15N5O4/c15-6-3-7-18(10-20)9-11(8-16)14(21)17-12-4-1-2-5-13(12)19(22)23/h1-2,4-5,9-10H,3,6-7,15H2,(H,17,21)/b11-9-. The topological polar surface area (TPSA) is 142 Å². The third-order valence-corrected chi connectivity index (χ3v) is 2.76. The van der Waals surface area contributed by atoms with Gasteiger partial charge in [-0.2, -0.15) is 5.26 Å². The molecule has 9 heteroatoms. The zero-order chi connectivity index (χ0) is 17.2. The highest BCUT2D eigenvalue weighted by Gasteiger charge is 2.17. The van der Waals surface area contributed by atoms with Gasteiger partial charge < -0.3 is 16.0 Å². The highest BCUT2D eigenvalue weighted by atomic mass is 16.6. The quantitative estimate of drug-likeness (QED) is 0.238. The van der Waals surface area contributed by atoms with E-state index in [-0.39, 0.29) is 23.5 Å². The van der Waals surface area contributed by atoms with E-state index < -0.39 is 10.8 Å². The third kappa shape index (κ3) is 5.22. The number of hydrogen-bond donors (Lipinski definition) is 2. The molecule has 1 aromatic rings. The van der Waals surface area contributed by atoms with Gasteiger partial charge in [-0.25, -0.2) is 0 Å². The Morgan fingerprint density at radius 2 is 2.17 bits per heavy atom. The normalized spacial score (nSPS) is 10.5. The smallest absolute Gasteiger partial charge is 0.292 e. The molecule has 0 bridgehead atoms. The SMILES string of the molecule is N#C/C(=C/N(C=O)CCCN)C(=O)Nc1ccccc1[N+](=O)[O-]. The number of benzene rings is 1. The molecule has 9 nitrogen and oxygen atoms in total. The minimum Gasteiger partial charge on any atom is -0.330 e. The highest BCUT2D eigenvalue weighted by Crippen LogP contribution is 2.23. The number of nitro benzene ring substituents is 1. The van der Waals surface area contributed by atoms with Crippen LogP contribution in [0.1, 0.15) is 6.42 Å². The van der Waals surface area contributed by atoms with Gasteiger partial charge in [0.25, 0.3) is 11.6 Å². The summed E-state index contributed by atoms with van der Waals surface area (Å²) in [4.78, 5) is 34.3. The number of para-hydroxylation sites is 2. The Hall–Kier alpha value is -3.25. The van der Waals surface area contributed by atoms with E-state index in [0.29, 0.717) is 19.4 Å². The lowest BCUT2D eigenvalue weighted by Crippen LogP contribution is -2.22. The van der Waals surface area contributed by atoms with Crippen molar-refractivity contribution < 1.29 is 14.5 Å². The lowest BCUT2D eigenvalue weighted by molar-refractivity contribution is -0.383. The number of carbonyl (C=O) groups is 2. The first-order valence-corrected chi connectivity index (χ1v) is 6.61. The van der Waals surface area contributed by atoms with Gasteiger partial charge in [0.2, 0.25) is 6.41 Å². The lowest BCUT2D eigenvalue weighted by atomic mass is 10.2. The average Bonchev–Trinajstić information content (AvgIpc) is 2.55. The monoisotopic (exact) mass is 317 g/mol. The van der Waals surface area contributed by atoms with E-state index in [9.17, 15) is 19.7 Å². The van der Waals surface area contributed by atoms with Crippen LogP contribution in [0.4, 0.5) is 11.4 Å². The van der Waals surface area contributed by atoms with Crippen LogP contribution in [-0.2, 0) is 9.59 Å². The van der Waals surface area contributed by atoms with Crippen molar-refractivity contribution in [1.82, 2.24) is 4.90 Å². The fourth-order valence-electron chi connectivity index (χ4n) is 1.65. The highest BCUT2D eigenvalue weighted by molar-refractivity contribution is 6.07. The number of nitriles is 1. The van der Waals surface area contributed by atoms with Gasteiger partial charge in [0.1, 0.15) is 17.3 Å². The number of carbonyl (C=O) groups excluding carboxylic acids is 2. The van der Waals surface area contributed by atoms with E-state index >= 15 is 0 Å². The van der Waals surface area contributed by atoms with E-state index in [1.165, 1.54) is 24.3 Å². The summed E-state index contributed by atoms with van der Waals surface area (Å²) >= 11 is 0. The van der Waals surface area contributed by atoms with Gasteiger partial charge in [0.05, 0.1) is 4.92 Å². The molecule has 0 heterocycles. The van der Waals surface area contributed by atoms with Gasteiger partial charge in [0, 0.05) is 18.8 Å². The van der Waals surface area contributed by atoms with Crippen LogP contribution in [0.25, 0.3) is 0 Å². The zero-order valence-corrected chi connectivity index (χ0v) is 12.1. The van der Waals surface area contributed by atoms with E-state index in [0.717, 1.165) is 11.1 Å². The van der Waals surface area contributed by atoms with Crippen LogP contribution in [0.15, 0.2) is 36.0 Å². The molecule has 2 amide bonds. The van der Waals surface area contributed by atoms with Crippen LogP contribution >= 0.6 is 0 Å². The minimum absolute atomic E-state index is 0.0386. The Labute approximate surface area is 132 Å². The Bertz CT molecular complexity index is 665. The van der Waals surface area contributed by atoms with Crippen molar-refractivity contribution in [3.05, 3.63) is 46.2 Å². The predicted octanol–water partition coefficient (Wildman–Crippen LogP) is 0.748.